The fraction of sp³-hybridized carbons (Fsp3) is 0.500. The van der Waals surface area contributed by atoms with Crippen molar-refractivity contribution in [3.8, 4) is 0 Å². The third-order valence-corrected chi connectivity index (χ3v) is 5.47. The second kappa shape index (κ2) is 3.31. The molecule has 3 rings (SSSR count). The van der Waals surface area contributed by atoms with Crippen LogP contribution in [0.2, 0.25) is 0 Å². The summed E-state index contributed by atoms with van der Waals surface area (Å²) in [5.74, 6) is 0.210. The summed E-state index contributed by atoms with van der Waals surface area (Å²) in [6, 6.07) is 3.99. The van der Waals surface area contributed by atoms with Crippen molar-refractivity contribution in [2.75, 3.05) is 12.8 Å². The van der Waals surface area contributed by atoms with Crippen molar-refractivity contribution in [3.05, 3.63) is 28.8 Å². The molecule has 4 heteroatoms. The Labute approximate surface area is 95.8 Å². The van der Waals surface area contributed by atoms with E-state index in [1.165, 1.54) is 11.1 Å². The van der Waals surface area contributed by atoms with Crippen LogP contribution in [0.15, 0.2) is 17.0 Å². The first-order valence-corrected chi connectivity index (χ1v) is 7.33. The van der Waals surface area contributed by atoms with Gasteiger partial charge in [-0.25, -0.2) is 8.42 Å². The van der Waals surface area contributed by atoms with Gasteiger partial charge in [-0.3, -0.25) is 0 Å². The smallest absolute Gasteiger partial charge is 0.180 e. The van der Waals surface area contributed by atoms with Crippen molar-refractivity contribution >= 4 is 9.84 Å². The number of fused-ring (bicyclic) bond motifs is 2. The largest absolute Gasteiger partial charge is 0.312 e. The molecule has 0 saturated carbocycles. The molecule has 1 aromatic carbocycles. The molecular weight excluding hydrogens is 222 g/mol. The average Bonchev–Trinajstić information content (AvgIpc) is 2.79. The summed E-state index contributed by atoms with van der Waals surface area (Å²) in [6.07, 6.45) is 3.28. The molecule has 1 atom stereocenters. The molecule has 0 fully saturated rings. The Kier molecular flexibility index (Phi) is 2.13. The first-order chi connectivity index (χ1) is 7.62. The highest BCUT2D eigenvalue weighted by Crippen LogP contribution is 2.37. The van der Waals surface area contributed by atoms with Crippen LogP contribution in [0, 0.1) is 0 Å². The third-order valence-electron chi connectivity index (χ3n) is 3.67. The van der Waals surface area contributed by atoms with Crippen LogP contribution in [0.1, 0.15) is 29.2 Å². The number of hydrogen-bond donors (Lipinski definition) is 1. The maximum absolute atomic E-state index is 12.0. The zero-order valence-electron chi connectivity index (χ0n) is 9.29. The Morgan fingerprint density at radius 1 is 1.25 bits per heavy atom. The first-order valence-electron chi connectivity index (χ1n) is 5.67. The van der Waals surface area contributed by atoms with Gasteiger partial charge in [-0.1, -0.05) is 6.07 Å². The molecule has 0 aromatic heterocycles. The highest BCUT2D eigenvalue weighted by atomic mass is 32.2. The van der Waals surface area contributed by atoms with E-state index in [1.54, 1.807) is 0 Å². The van der Waals surface area contributed by atoms with Gasteiger partial charge in [0.1, 0.15) is 0 Å². The van der Waals surface area contributed by atoms with Crippen molar-refractivity contribution in [2.24, 2.45) is 0 Å². The van der Waals surface area contributed by atoms with Crippen LogP contribution >= 0.6 is 0 Å². The fourth-order valence-corrected chi connectivity index (χ4v) is 4.65. The highest BCUT2D eigenvalue weighted by Gasteiger charge is 2.35. The van der Waals surface area contributed by atoms with E-state index in [0.717, 1.165) is 24.8 Å². The van der Waals surface area contributed by atoms with E-state index < -0.39 is 9.84 Å². The Morgan fingerprint density at radius 3 is 2.62 bits per heavy atom. The summed E-state index contributed by atoms with van der Waals surface area (Å²) in [7, 11) is -1.23. The second-order valence-corrected chi connectivity index (χ2v) is 6.64. The van der Waals surface area contributed by atoms with Crippen LogP contribution in [0.4, 0.5) is 0 Å². The van der Waals surface area contributed by atoms with Crippen LogP contribution in [-0.2, 0) is 22.7 Å². The van der Waals surface area contributed by atoms with Crippen LogP contribution in [0.5, 0.6) is 0 Å². The van der Waals surface area contributed by atoms with Crippen molar-refractivity contribution < 1.29 is 8.42 Å². The third kappa shape index (κ3) is 1.33. The van der Waals surface area contributed by atoms with Crippen LogP contribution in [-0.4, -0.2) is 21.2 Å². The minimum atomic E-state index is -3.05. The topological polar surface area (TPSA) is 46.2 Å². The standard InChI is InChI=1S/C12H15NO2S/c1-13-11-7-16(14,15)12-6-9-4-2-3-8(9)5-10(11)12/h5-6,11,13H,2-4,7H2,1H3. The zero-order chi connectivity index (χ0) is 11.3. The van der Waals surface area contributed by atoms with Crippen molar-refractivity contribution in [1.82, 2.24) is 5.32 Å². The summed E-state index contributed by atoms with van der Waals surface area (Å²) < 4.78 is 24.0. The lowest BCUT2D eigenvalue weighted by atomic mass is 10.0. The normalized spacial score (nSPS) is 25.4. The van der Waals surface area contributed by atoms with Crippen molar-refractivity contribution in [2.45, 2.75) is 30.2 Å². The Balaban J connectivity index is 2.24. The van der Waals surface area contributed by atoms with Crippen LogP contribution in [0.25, 0.3) is 0 Å². The number of nitrogens with one attached hydrogen (secondary N) is 1. The molecule has 1 N–H and O–H groups in total. The van der Waals surface area contributed by atoms with E-state index in [2.05, 4.69) is 11.4 Å². The molecule has 86 valence electrons. The minimum Gasteiger partial charge on any atom is -0.312 e. The van der Waals surface area contributed by atoms with E-state index >= 15 is 0 Å². The highest BCUT2D eigenvalue weighted by molar-refractivity contribution is 7.91. The summed E-state index contributed by atoms with van der Waals surface area (Å²) in [5.41, 5.74) is 3.55. The SMILES string of the molecule is CNC1CS(=O)(=O)c2cc3c(cc21)CCC3. The van der Waals surface area contributed by atoms with E-state index in [1.807, 2.05) is 13.1 Å². The number of aryl methyl sites for hydroxylation is 2. The van der Waals surface area contributed by atoms with Crippen LogP contribution in [0.3, 0.4) is 0 Å². The monoisotopic (exact) mass is 237 g/mol. The molecule has 0 amide bonds. The molecule has 0 spiro atoms. The van der Waals surface area contributed by atoms with Gasteiger partial charge in [0.05, 0.1) is 10.6 Å². The summed E-state index contributed by atoms with van der Waals surface area (Å²) >= 11 is 0. The number of rotatable bonds is 1. The van der Waals surface area contributed by atoms with Gasteiger partial charge < -0.3 is 5.32 Å². The maximum Gasteiger partial charge on any atom is 0.180 e. The molecule has 1 aromatic rings. The molecule has 1 aliphatic heterocycles. The fourth-order valence-electron chi connectivity index (χ4n) is 2.80. The van der Waals surface area contributed by atoms with Gasteiger partial charge in [0.15, 0.2) is 9.84 Å². The summed E-state index contributed by atoms with van der Waals surface area (Å²) in [5, 5.41) is 3.09. The summed E-state index contributed by atoms with van der Waals surface area (Å²) in [4.78, 5) is 0.563. The van der Waals surface area contributed by atoms with E-state index in [9.17, 15) is 8.42 Å². The van der Waals surface area contributed by atoms with Crippen molar-refractivity contribution in [1.29, 1.82) is 0 Å². The van der Waals surface area contributed by atoms with Gasteiger partial charge in [-0.05, 0) is 49.1 Å². The van der Waals surface area contributed by atoms with Gasteiger partial charge in [-0.15, -0.1) is 0 Å². The predicted octanol–water partition coefficient (Wildman–Crippen LogP) is 1.22. The van der Waals surface area contributed by atoms with E-state index in [4.69, 9.17) is 0 Å². The molecule has 1 unspecified atom stereocenters. The lowest BCUT2D eigenvalue weighted by Gasteiger charge is -2.09. The Morgan fingerprint density at radius 2 is 1.94 bits per heavy atom. The Bertz CT molecular complexity index is 548. The lowest BCUT2D eigenvalue weighted by Crippen LogP contribution is -2.17. The molecule has 0 bridgehead atoms. The number of benzene rings is 1. The van der Waals surface area contributed by atoms with Gasteiger partial charge in [0.25, 0.3) is 0 Å². The lowest BCUT2D eigenvalue weighted by molar-refractivity contribution is 0.591. The molecule has 1 heterocycles. The molecule has 3 nitrogen and oxygen atoms in total. The second-order valence-electron chi connectivity index (χ2n) is 4.63. The zero-order valence-corrected chi connectivity index (χ0v) is 10.1. The van der Waals surface area contributed by atoms with E-state index in [0.29, 0.717) is 4.90 Å². The molecular formula is C12H15NO2S. The Hall–Kier alpha value is -0.870. The van der Waals surface area contributed by atoms with E-state index in [-0.39, 0.29) is 11.8 Å². The van der Waals surface area contributed by atoms with Gasteiger partial charge >= 0.3 is 0 Å². The van der Waals surface area contributed by atoms with Crippen molar-refractivity contribution in [3.63, 3.8) is 0 Å². The molecule has 0 saturated heterocycles. The quantitative estimate of drug-likeness (QED) is 0.799. The van der Waals surface area contributed by atoms with Crippen LogP contribution < -0.4 is 5.32 Å². The molecule has 2 aliphatic rings. The minimum absolute atomic E-state index is 0.0223. The average molecular weight is 237 g/mol. The molecule has 1 aliphatic carbocycles. The molecule has 16 heavy (non-hydrogen) atoms. The van der Waals surface area contributed by atoms with Gasteiger partial charge in [-0.2, -0.15) is 0 Å². The molecule has 0 radical (unpaired) electrons. The maximum atomic E-state index is 12.0. The van der Waals surface area contributed by atoms with Gasteiger partial charge in [0, 0.05) is 6.04 Å². The predicted molar refractivity (Wildman–Crippen MR) is 62.3 cm³/mol. The number of hydrogen-bond acceptors (Lipinski definition) is 3. The number of sulfone groups is 1. The summed E-state index contributed by atoms with van der Waals surface area (Å²) in [6.45, 7) is 0. The first kappa shape index (κ1) is 10.3. The van der Waals surface area contributed by atoms with Gasteiger partial charge in [0.2, 0.25) is 0 Å².